The lowest BCUT2D eigenvalue weighted by Gasteiger charge is -1.92. The summed E-state index contributed by atoms with van der Waals surface area (Å²) in [4.78, 5) is 0. The predicted molar refractivity (Wildman–Crippen MR) is 50.8 cm³/mol. The molecule has 0 aliphatic heterocycles. The maximum Gasteiger partial charge on any atom is 0.0484 e. The average molecular weight is 158 g/mol. The van der Waals surface area contributed by atoms with Crippen LogP contribution in [0.1, 0.15) is 5.56 Å². The lowest BCUT2D eigenvalue weighted by molar-refractivity contribution is 0.968. The van der Waals surface area contributed by atoms with E-state index >= 15 is 0 Å². The molecule has 0 aliphatic rings. The molecule has 0 saturated heterocycles. The van der Waals surface area contributed by atoms with Gasteiger partial charge in [0.15, 0.2) is 0 Å². The Hall–Kier alpha value is -1.57. The summed E-state index contributed by atoms with van der Waals surface area (Å²) in [6.45, 7) is 0. The van der Waals surface area contributed by atoms with Crippen molar-refractivity contribution in [1.82, 2.24) is 4.57 Å². The van der Waals surface area contributed by atoms with Gasteiger partial charge in [0, 0.05) is 35.9 Å². The van der Waals surface area contributed by atoms with Gasteiger partial charge < -0.3 is 9.98 Å². The van der Waals surface area contributed by atoms with E-state index in [1.807, 2.05) is 36.0 Å². The van der Waals surface area contributed by atoms with Gasteiger partial charge in [0.25, 0.3) is 0 Å². The van der Waals surface area contributed by atoms with E-state index in [1.165, 1.54) is 11.7 Å². The third kappa shape index (κ3) is 0.848. The van der Waals surface area contributed by atoms with Crippen molar-refractivity contribution in [3.8, 4) is 0 Å². The number of nitrogens with one attached hydrogen (secondary N) is 1. The second-order valence-electron chi connectivity index (χ2n) is 2.86. The van der Waals surface area contributed by atoms with Gasteiger partial charge in [0.2, 0.25) is 0 Å². The van der Waals surface area contributed by atoms with Crippen LogP contribution in [0.25, 0.3) is 10.9 Å². The number of hydrogen-bond acceptors (Lipinski definition) is 1. The molecule has 1 aromatic carbocycles. The molecule has 60 valence electrons. The first kappa shape index (κ1) is 7.10. The average Bonchev–Trinajstić information content (AvgIpc) is 2.44. The van der Waals surface area contributed by atoms with Crippen LogP contribution in [-0.2, 0) is 7.05 Å². The molecule has 0 amide bonds. The fourth-order valence-electron chi connectivity index (χ4n) is 1.49. The van der Waals surface area contributed by atoms with Gasteiger partial charge in [-0.3, -0.25) is 0 Å². The van der Waals surface area contributed by atoms with E-state index in [1.54, 1.807) is 0 Å². The summed E-state index contributed by atoms with van der Waals surface area (Å²) in [5.41, 5.74) is 2.16. The van der Waals surface area contributed by atoms with Crippen LogP contribution >= 0.6 is 0 Å². The smallest absolute Gasteiger partial charge is 0.0484 e. The van der Waals surface area contributed by atoms with Crippen LogP contribution in [0.4, 0.5) is 0 Å². The summed E-state index contributed by atoms with van der Waals surface area (Å²) in [6.07, 6.45) is 3.36. The molecule has 0 fully saturated rings. The van der Waals surface area contributed by atoms with E-state index in [-0.39, 0.29) is 0 Å². The summed E-state index contributed by atoms with van der Waals surface area (Å²) in [6, 6.07) is 8.10. The maximum absolute atomic E-state index is 7.20. The quantitative estimate of drug-likeness (QED) is 0.616. The molecule has 0 bridgehead atoms. The highest BCUT2D eigenvalue weighted by Gasteiger charge is 2.01. The van der Waals surface area contributed by atoms with Crippen LogP contribution in [0.2, 0.25) is 0 Å². The first-order valence-electron chi connectivity index (χ1n) is 3.87. The Labute approximate surface area is 70.9 Å². The fraction of sp³-hybridized carbons (Fsp3) is 0.100. The zero-order chi connectivity index (χ0) is 8.55. The normalized spacial score (nSPS) is 10.4. The van der Waals surface area contributed by atoms with Gasteiger partial charge in [0.05, 0.1) is 0 Å². The Morgan fingerprint density at radius 1 is 1.33 bits per heavy atom. The number of rotatable bonds is 1. The van der Waals surface area contributed by atoms with Crippen LogP contribution in [0.5, 0.6) is 0 Å². The SMILES string of the molecule is Cn1cc(C=N)c2ccccc21. The van der Waals surface area contributed by atoms with Crippen molar-refractivity contribution in [3.05, 3.63) is 36.0 Å². The van der Waals surface area contributed by atoms with Gasteiger partial charge in [-0.05, 0) is 6.07 Å². The Kier molecular flexibility index (Phi) is 1.47. The Morgan fingerprint density at radius 3 is 2.83 bits per heavy atom. The first-order chi connectivity index (χ1) is 5.83. The molecule has 0 aliphatic carbocycles. The lowest BCUT2D eigenvalue weighted by atomic mass is 10.2. The molecule has 0 saturated carbocycles. The van der Waals surface area contributed by atoms with Crippen molar-refractivity contribution in [2.75, 3.05) is 0 Å². The second-order valence-corrected chi connectivity index (χ2v) is 2.86. The summed E-state index contributed by atoms with van der Waals surface area (Å²) in [5.74, 6) is 0. The van der Waals surface area contributed by atoms with E-state index in [4.69, 9.17) is 5.41 Å². The third-order valence-electron chi connectivity index (χ3n) is 2.08. The minimum atomic E-state index is 0.980. The van der Waals surface area contributed by atoms with Crippen molar-refractivity contribution >= 4 is 17.1 Å². The number of benzene rings is 1. The van der Waals surface area contributed by atoms with Gasteiger partial charge in [-0.25, -0.2) is 0 Å². The minimum Gasteiger partial charge on any atom is -0.350 e. The Morgan fingerprint density at radius 2 is 2.08 bits per heavy atom. The molecule has 1 heterocycles. The molecular formula is C10H10N2. The van der Waals surface area contributed by atoms with E-state index in [0.29, 0.717) is 0 Å². The number of aryl methyl sites for hydroxylation is 1. The van der Waals surface area contributed by atoms with Gasteiger partial charge in [0.1, 0.15) is 0 Å². The lowest BCUT2D eigenvalue weighted by Crippen LogP contribution is -1.81. The monoisotopic (exact) mass is 158 g/mol. The standard InChI is InChI=1S/C10H10N2/c1-12-7-8(6-11)9-4-2-3-5-10(9)12/h2-7,11H,1H3. The van der Waals surface area contributed by atoms with E-state index in [2.05, 4.69) is 6.07 Å². The van der Waals surface area contributed by atoms with Crippen LogP contribution in [0.3, 0.4) is 0 Å². The summed E-state index contributed by atoms with van der Waals surface area (Å²) >= 11 is 0. The molecule has 2 nitrogen and oxygen atoms in total. The zero-order valence-electron chi connectivity index (χ0n) is 6.91. The van der Waals surface area contributed by atoms with Crippen LogP contribution < -0.4 is 0 Å². The van der Waals surface area contributed by atoms with Crippen LogP contribution in [0, 0.1) is 5.41 Å². The highest BCUT2D eigenvalue weighted by molar-refractivity contribution is 5.98. The number of para-hydroxylation sites is 1. The van der Waals surface area contributed by atoms with Crippen LogP contribution in [0.15, 0.2) is 30.5 Å². The van der Waals surface area contributed by atoms with Crippen molar-refractivity contribution < 1.29 is 0 Å². The summed E-state index contributed by atoms with van der Waals surface area (Å²) < 4.78 is 2.04. The van der Waals surface area contributed by atoms with Gasteiger partial charge >= 0.3 is 0 Å². The molecule has 2 rings (SSSR count). The second kappa shape index (κ2) is 2.48. The number of hydrogen-bond donors (Lipinski definition) is 1. The molecule has 0 radical (unpaired) electrons. The van der Waals surface area contributed by atoms with Crippen LogP contribution in [-0.4, -0.2) is 10.8 Å². The molecule has 0 spiro atoms. The van der Waals surface area contributed by atoms with Crippen molar-refractivity contribution in [3.63, 3.8) is 0 Å². The van der Waals surface area contributed by atoms with Gasteiger partial charge in [-0.2, -0.15) is 0 Å². The summed E-state index contributed by atoms with van der Waals surface area (Å²) in [5, 5.41) is 8.35. The van der Waals surface area contributed by atoms with E-state index in [9.17, 15) is 0 Å². The minimum absolute atomic E-state index is 0.980. The zero-order valence-corrected chi connectivity index (χ0v) is 6.91. The topological polar surface area (TPSA) is 28.8 Å². The van der Waals surface area contributed by atoms with E-state index < -0.39 is 0 Å². The van der Waals surface area contributed by atoms with Crippen molar-refractivity contribution in [2.24, 2.45) is 7.05 Å². The molecular weight excluding hydrogens is 148 g/mol. The number of nitrogens with zero attached hydrogens (tertiary/aromatic N) is 1. The highest BCUT2D eigenvalue weighted by atomic mass is 14.9. The predicted octanol–water partition coefficient (Wildman–Crippen LogP) is 2.18. The first-order valence-corrected chi connectivity index (χ1v) is 3.87. The molecule has 1 N–H and O–H groups in total. The largest absolute Gasteiger partial charge is 0.350 e. The fourth-order valence-corrected chi connectivity index (χ4v) is 1.49. The molecule has 2 aromatic rings. The van der Waals surface area contributed by atoms with Crippen molar-refractivity contribution in [1.29, 1.82) is 5.41 Å². The molecule has 2 heteroatoms. The molecule has 0 unspecified atom stereocenters. The Bertz CT molecular complexity index is 426. The third-order valence-corrected chi connectivity index (χ3v) is 2.08. The number of fused-ring (bicyclic) bond motifs is 1. The highest BCUT2D eigenvalue weighted by Crippen LogP contribution is 2.17. The molecule has 1 aromatic heterocycles. The number of aromatic nitrogens is 1. The van der Waals surface area contributed by atoms with Gasteiger partial charge in [-0.15, -0.1) is 0 Å². The Balaban J connectivity index is 2.91. The molecule has 12 heavy (non-hydrogen) atoms. The molecule has 0 atom stereocenters. The van der Waals surface area contributed by atoms with Crippen molar-refractivity contribution in [2.45, 2.75) is 0 Å². The maximum atomic E-state index is 7.20. The van der Waals surface area contributed by atoms with Gasteiger partial charge in [-0.1, -0.05) is 18.2 Å². The van der Waals surface area contributed by atoms with E-state index in [0.717, 1.165) is 10.9 Å². The summed E-state index contributed by atoms with van der Waals surface area (Å²) in [7, 11) is 2.00.